The first-order chi connectivity index (χ1) is 20.5. The monoisotopic (exact) mass is 603 g/mol. The van der Waals surface area contributed by atoms with Gasteiger partial charge >= 0.3 is 0 Å². The Hall–Kier alpha value is -3.90. The maximum Gasteiger partial charge on any atom is 0.230 e. The number of aromatic nitrogens is 2. The number of hydrogen-bond acceptors (Lipinski definition) is 8. The van der Waals surface area contributed by atoms with Crippen LogP contribution in [0.15, 0.2) is 83.9 Å². The molecule has 3 N–H and O–H groups in total. The lowest BCUT2D eigenvalue weighted by Gasteiger charge is -2.13. The van der Waals surface area contributed by atoms with Gasteiger partial charge in [0.1, 0.15) is 5.75 Å². The Labute approximate surface area is 253 Å². The molecule has 1 aliphatic rings. The fourth-order valence-electron chi connectivity index (χ4n) is 4.41. The highest BCUT2D eigenvalue weighted by molar-refractivity contribution is 8.00. The van der Waals surface area contributed by atoms with E-state index in [0.717, 1.165) is 34.1 Å². The van der Waals surface area contributed by atoms with Gasteiger partial charge in [-0.05, 0) is 42.0 Å². The second-order valence-electron chi connectivity index (χ2n) is 9.53. The molecule has 1 amide bonds. The van der Waals surface area contributed by atoms with Gasteiger partial charge in [-0.25, -0.2) is 4.39 Å². The van der Waals surface area contributed by atoms with Gasteiger partial charge in [-0.2, -0.15) is 0 Å². The number of halogens is 1. The van der Waals surface area contributed by atoms with Gasteiger partial charge in [-0.1, -0.05) is 36.4 Å². The number of fused-ring (bicyclic) bond motifs is 1. The Bertz CT molecular complexity index is 1560. The number of methoxy groups -OCH3 is 1. The molecular weight excluding hydrogens is 574 g/mol. The molecular formula is C31H30FN5O3S2. The number of benzene rings is 2. The number of rotatable bonds is 11. The molecule has 0 fully saturated rings. The van der Waals surface area contributed by atoms with E-state index in [1.807, 2.05) is 48.5 Å². The van der Waals surface area contributed by atoms with Crippen LogP contribution in [-0.2, 0) is 28.9 Å². The molecule has 0 saturated carbocycles. The molecule has 42 heavy (non-hydrogen) atoms. The molecule has 0 saturated heterocycles. The van der Waals surface area contributed by atoms with Gasteiger partial charge in [0.15, 0.2) is 16.7 Å². The Morgan fingerprint density at radius 2 is 1.95 bits per heavy atom. The molecule has 5 rings (SSSR count). The molecule has 0 bridgehead atoms. The molecule has 2 aromatic heterocycles. The summed E-state index contributed by atoms with van der Waals surface area (Å²) in [7, 11) is 1.68. The van der Waals surface area contributed by atoms with Crippen LogP contribution in [0.3, 0.4) is 0 Å². The van der Waals surface area contributed by atoms with Crippen LogP contribution >= 0.6 is 24.0 Å². The van der Waals surface area contributed by atoms with Crippen LogP contribution in [0.5, 0.6) is 11.5 Å². The quantitative estimate of drug-likeness (QED) is 0.150. The normalized spacial score (nSPS) is 13.8. The summed E-state index contributed by atoms with van der Waals surface area (Å²) in [5.74, 6) is -0.228. The third kappa shape index (κ3) is 7.89. The molecule has 0 radical (unpaired) electrons. The molecule has 3 heterocycles. The Morgan fingerprint density at radius 3 is 2.76 bits per heavy atom. The predicted octanol–water partition coefficient (Wildman–Crippen LogP) is 5.59. The molecule has 11 heteroatoms. The van der Waals surface area contributed by atoms with Crippen LogP contribution < -0.4 is 20.7 Å². The summed E-state index contributed by atoms with van der Waals surface area (Å²) in [6.45, 7) is 2.05. The van der Waals surface area contributed by atoms with Gasteiger partial charge < -0.3 is 25.4 Å². The molecule has 1 unspecified atom stereocenters. The van der Waals surface area contributed by atoms with Crippen molar-refractivity contribution in [1.29, 1.82) is 0 Å². The summed E-state index contributed by atoms with van der Waals surface area (Å²) in [6.07, 6.45) is 2.56. The first-order valence-corrected chi connectivity index (χ1v) is 14.7. The van der Waals surface area contributed by atoms with Crippen molar-refractivity contribution >= 4 is 40.7 Å². The van der Waals surface area contributed by atoms with Crippen molar-refractivity contribution < 1.29 is 18.7 Å². The van der Waals surface area contributed by atoms with Crippen LogP contribution in [0.25, 0.3) is 0 Å². The molecule has 0 spiro atoms. The molecule has 0 aliphatic carbocycles. The fourth-order valence-corrected chi connectivity index (χ4v) is 5.92. The van der Waals surface area contributed by atoms with Crippen LogP contribution in [0, 0.1) is 5.82 Å². The first-order valence-electron chi connectivity index (χ1n) is 13.4. The highest BCUT2D eigenvalue weighted by atomic mass is 32.2. The SMILES string of the molecule is COCCNCc1cccc(C2Cc3nccc(Oc4ccc(NC(=S)NC(=O)Cc5ccccc5)cc4F)c3S2)n1. The number of pyridine rings is 2. The number of thioether (sulfide) groups is 1. The van der Waals surface area contributed by atoms with E-state index < -0.39 is 5.82 Å². The summed E-state index contributed by atoms with van der Waals surface area (Å²) in [5.41, 5.74) is 4.07. The minimum Gasteiger partial charge on any atom is -0.453 e. The van der Waals surface area contributed by atoms with Crippen molar-refractivity contribution in [2.75, 3.05) is 25.6 Å². The lowest BCUT2D eigenvalue weighted by Crippen LogP contribution is -2.35. The molecule has 2 aromatic carbocycles. The van der Waals surface area contributed by atoms with Crippen molar-refractivity contribution in [2.45, 2.75) is 29.5 Å². The second kappa shape index (κ2) is 14.3. The van der Waals surface area contributed by atoms with E-state index >= 15 is 4.39 Å². The van der Waals surface area contributed by atoms with Crippen molar-refractivity contribution in [3.8, 4) is 11.5 Å². The molecule has 1 aliphatic heterocycles. The van der Waals surface area contributed by atoms with Crippen molar-refractivity contribution in [1.82, 2.24) is 20.6 Å². The van der Waals surface area contributed by atoms with Gasteiger partial charge in [-0.3, -0.25) is 14.8 Å². The number of thiocarbonyl (C=S) groups is 1. The minimum atomic E-state index is -0.570. The second-order valence-corrected chi connectivity index (χ2v) is 11.2. The number of carbonyl (C=O) groups excluding carboxylic acids is 1. The maximum absolute atomic E-state index is 15.1. The third-order valence-corrected chi connectivity index (χ3v) is 7.97. The average molecular weight is 604 g/mol. The summed E-state index contributed by atoms with van der Waals surface area (Å²) < 4.78 is 26.2. The highest BCUT2D eigenvalue weighted by Crippen LogP contribution is 2.50. The zero-order chi connectivity index (χ0) is 29.3. The Kier molecular flexibility index (Phi) is 10.1. The van der Waals surface area contributed by atoms with Crippen molar-refractivity contribution in [3.63, 3.8) is 0 Å². The van der Waals surface area contributed by atoms with Gasteiger partial charge in [0, 0.05) is 50.6 Å². The maximum atomic E-state index is 15.1. The first kappa shape index (κ1) is 29.6. The Morgan fingerprint density at radius 1 is 1.10 bits per heavy atom. The smallest absolute Gasteiger partial charge is 0.230 e. The molecule has 8 nitrogen and oxygen atoms in total. The van der Waals surface area contributed by atoms with Crippen LogP contribution in [-0.4, -0.2) is 41.2 Å². The number of ether oxygens (including phenoxy) is 2. The van der Waals surface area contributed by atoms with E-state index in [-0.39, 0.29) is 28.4 Å². The largest absolute Gasteiger partial charge is 0.453 e. The Balaban J connectivity index is 1.19. The number of hydrogen-bond donors (Lipinski definition) is 3. The van der Waals surface area contributed by atoms with Crippen LogP contribution in [0.1, 0.15) is 27.9 Å². The van der Waals surface area contributed by atoms with Crippen molar-refractivity contribution in [3.05, 3.63) is 107 Å². The van der Waals surface area contributed by atoms with Crippen LogP contribution in [0.4, 0.5) is 10.1 Å². The zero-order valence-corrected chi connectivity index (χ0v) is 24.6. The number of carbonyl (C=O) groups is 1. The summed E-state index contributed by atoms with van der Waals surface area (Å²) >= 11 is 6.85. The van der Waals surface area contributed by atoms with Gasteiger partial charge in [0.2, 0.25) is 5.91 Å². The number of nitrogens with zero attached hydrogens (tertiary/aromatic N) is 2. The summed E-state index contributed by atoms with van der Waals surface area (Å²) in [4.78, 5) is 22.5. The number of amides is 1. The van der Waals surface area contributed by atoms with Gasteiger partial charge in [0.25, 0.3) is 0 Å². The van der Waals surface area contributed by atoms with Crippen molar-refractivity contribution in [2.24, 2.45) is 0 Å². The van der Waals surface area contributed by atoms with E-state index in [1.165, 1.54) is 12.1 Å². The van der Waals surface area contributed by atoms with E-state index in [1.54, 1.807) is 37.2 Å². The highest BCUT2D eigenvalue weighted by Gasteiger charge is 2.29. The van der Waals surface area contributed by atoms with Crippen LogP contribution in [0.2, 0.25) is 0 Å². The lowest BCUT2D eigenvalue weighted by molar-refractivity contribution is -0.119. The van der Waals surface area contributed by atoms with E-state index in [0.29, 0.717) is 31.0 Å². The topological polar surface area (TPSA) is 97.4 Å². The van der Waals surface area contributed by atoms with E-state index in [2.05, 4.69) is 20.9 Å². The van der Waals surface area contributed by atoms with Gasteiger partial charge in [0.05, 0.1) is 40.3 Å². The minimum absolute atomic E-state index is 0.0688. The predicted molar refractivity (Wildman–Crippen MR) is 165 cm³/mol. The molecule has 216 valence electrons. The number of nitrogens with one attached hydrogen (secondary N) is 3. The van der Waals surface area contributed by atoms with E-state index in [9.17, 15) is 4.79 Å². The van der Waals surface area contributed by atoms with E-state index in [4.69, 9.17) is 26.7 Å². The standard InChI is InChI=1S/C31H30FN5O3S2/c1-39-15-14-33-19-22-8-5-9-24(35-22)28-18-25-30(42-28)27(12-13-34-25)40-26-11-10-21(17-23(26)32)36-31(41)37-29(38)16-20-6-3-2-4-7-20/h2-13,17,28,33H,14-16,18-19H2,1H3,(H2,36,37,38,41). The number of anilines is 1. The molecule has 1 atom stereocenters. The van der Waals surface area contributed by atoms with Gasteiger partial charge in [-0.15, -0.1) is 11.8 Å². The molecule has 4 aromatic rings. The zero-order valence-electron chi connectivity index (χ0n) is 22.9. The summed E-state index contributed by atoms with van der Waals surface area (Å²) in [5, 5.41) is 8.95. The fraction of sp³-hybridized carbons (Fsp3) is 0.226. The third-order valence-electron chi connectivity index (χ3n) is 6.40. The summed E-state index contributed by atoms with van der Waals surface area (Å²) in [6, 6.07) is 21.5. The average Bonchev–Trinajstić information content (AvgIpc) is 3.43. The lowest BCUT2D eigenvalue weighted by atomic mass is 10.1.